The van der Waals surface area contributed by atoms with Crippen LogP contribution in [0.4, 0.5) is 0 Å². The smallest absolute Gasteiger partial charge is 0.306 e. The fraction of sp³-hybridized carbons (Fsp3) is 0.833. The van der Waals surface area contributed by atoms with Crippen molar-refractivity contribution in [2.75, 3.05) is 13.1 Å². The first kappa shape index (κ1) is 21.4. The van der Waals surface area contributed by atoms with E-state index < -0.39 is 11.9 Å². The van der Waals surface area contributed by atoms with E-state index in [9.17, 15) is 14.4 Å². The number of amides is 1. The van der Waals surface area contributed by atoms with Crippen LogP contribution in [0.3, 0.4) is 0 Å². The number of carbonyl (C=O) groups excluding carboxylic acids is 1. The second-order valence-electron chi connectivity index (χ2n) is 7.28. The van der Waals surface area contributed by atoms with Crippen LogP contribution in [0.5, 0.6) is 0 Å². The largest absolute Gasteiger partial charge is 0.481 e. The van der Waals surface area contributed by atoms with E-state index in [-0.39, 0.29) is 17.7 Å². The summed E-state index contributed by atoms with van der Waals surface area (Å²) in [7, 11) is 0. The predicted molar refractivity (Wildman–Crippen MR) is 93.9 cm³/mol. The molecule has 2 aliphatic rings. The van der Waals surface area contributed by atoms with E-state index in [1.807, 2.05) is 0 Å². The zero-order valence-corrected chi connectivity index (χ0v) is 15.1. The maximum absolute atomic E-state index is 10.7. The van der Waals surface area contributed by atoms with Crippen molar-refractivity contribution in [2.45, 2.75) is 58.3 Å². The van der Waals surface area contributed by atoms with Gasteiger partial charge in [0.05, 0.1) is 11.8 Å². The molecule has 25 heavy (non-hydrogen) atoms. The first-order valence-corrected chi connectivity index (χ1v) is 9.23. The zero-order chi connectivity index (χ0) is 18.8. The van der Waals surface area contributed by atoms with E-state index in [2.05, 4.69) is 5.32 Å². The van der Waals surface area contributed by atoms with Crippen LogP contribution in [0.1, 0.15) is 58.3 Å². The highest BCUT2D eigenvalue weighted by atomic mass is 16.4. The normalized spacial score (nSPS) is 29.0. The Balaban J connectivity index is 0.000000257. The lowest BCUT2D eigenvalue weighted by Gasteiger charge is -2.25. The Morgan fingerprint density at radius 3 is 1.56 bits per heavy atom. The standard InChI is InChI=1S/C10H17NO3.C8H15NO2/c1-7(12)11-6-8-2-4-9(5-3-8)10(13)14;9-5-6-1-3-7(4-2-6)8(10)11/h8-9H,2-6H2,1H3,(H,11,12)(H,13,14);6-7H,1-5,9H2,(H,10,11)/t;6-,7-. The first-order valence-electron chi connectivity index (χ1n) is 9.23. The van der Waals surface area contributed by atoms with Gasteiger partial charge in [-0.05, 0) is 69.7 Å². The van der Waals surface area contributed by atoms with Crippen molar-refractivity contribution < 1.29 is 24.6 Å². The van der Waals surface area contributed by atoms with Crippen LogP contribution in [-0.4, -0.2) is 41.1 Å². The summed E-state index contributed by atoms with van der Waals surface area (Å²) in [6.45, 7) is 2.91. The third-order valence-corrected chi connectivity index (χ3v) is 5.37. The molecule has 0 saturated heterocycles. The molecule has 1 amide bonds. The lowest BCUT2D eigenvalue weighted by Crippen LogP contribution is -2.31. The van der Waals surface area contributed by atoms with E-state index in [4.69, 9.17) is 15.9 Å². The Bertz CT molecular complexity index is 439. The van der Waals surface area contributed by atoms with Gasteiger partial charge in [0.1, 0.15) is 0 Å². The molecular formula is C18H32N2O5. The van der Waals surface area contributed by atoms with Gasteiger partial charge < -0.3 is 21.3 Å². The van der Waals surface area contributed by atoms with Gasteiger partial charge in [-0.25, -0.2) is 0 Å². The number of carbonyl (C=O) groups is 3. The van der Waals surface area contributed by atoms with Crippen LogP contribution in [0, 0.1) is 23.7 Å². The zero-order valence-electron chi connectivity index (χ0n) is 15.1. The SMILES string of the molecule is CC(=O)NCC1CCC(C(=O)O)CC1.NC[C@H]1CC[C@H](C(=O)O)CC1. The maximum Gasteiger partial charge on any atom is 0.306 e. The minimum absolute atomic E-state index is 0.00893. The van der Waals surface area contributed by atoms with Gasteiger partial charge in [-0.1, -0.05) is 0 Å². The van der Waals surface area contributed by atoms with Crippen LogP contribution in [-0.2, 0) is 14.4 Å². The number of aliphatic carboxylic acids is 2. The lowest BCUT2D eigenvalue weighted by molar-refractivity contribution is -0.144. The summed E-state index contributed by atoms with van der Waals surface area (Å²) in [5, 5.41) is 20.2. The number of rotatable bonds is 5. The molecule has 7 nitrogen and oxygen atoms in total. The van der Waals surface area contributed by atoms with E-state index in [1.165, 1.54) is 6.92 Å². The van der Waals surface area contributed by atoms with Gasteiger partial charge in [0.15, 0.2) is 0 Å². The van der Waals surface area contributed by atoms with Crippen LogP contribution in [0.25, 0.3) is 0 Å². The quantitative estimate of drug-likeness (QED) is 0.595. The second-order valence-corrected chi connectivity index (χ2v) is 7.28. The summed E-state index contributed by atoms with van der Waals surface area (Å²) in [6, 6.07) is 0. The molecule has 2 aliphatic carbocycles. The molecule has 0 aliphatic heterocycles. The summed E-state index contributed by atoms with van der Waals surface area (Å²) in [6.07, 6.45) is 6.95. The molecule has 0 aromatic rings. The summed E-state index contributed by atoms with van der Waals surface area (Å²) in [5.41, 5.74) is 5.48. The fourth-order valence-electron chi connectivity index (χ4n) is 3.55. The van der Waals surface area contributed by atoms with Crippen LogP contribution in [0.2, 0.25) is 0 Å². The van der Waals surface area contributed by atoms with Gasteiger partial charge in [-0.2, -0.15) is 0 Å². The molecular weight excluding hydrogens is 324 g/mol. The number of carboxylic acid groups (broad SMARTS) is 2. The molecule has 2 rings (SSSR count). The molecule has 5 N–H and O–H groups in total. The van der Waals surface area contributed by atoms with Gasteiger partial charge in [-0.3, -0.25) is 14.4 Å². The van der Waals surface area contributed by atoms with Gasteiger partial charge in [0.2, 0.25) is 5.91 Å². The molecule has 0 aromatic carbocycles. The fourth-order valence-corrected chi connectivity index (χ4v) is 3.55. The molecule has 0 atom stereocenters. The third kappa shape index (κ3) is 8.34. The lowest BCUT2D eigenvalue weighted by atomic mass is 9.82. The predicted octanol–water partition coefficient (Wildman–Crippen LogP) is 1.85. The molecule has 0 bridgehead atoms. The molecule has 0 unspecified atom stereocenters. The summed E-state index contributed by atoms with van der Waals surface area (Å²) >= 11 is 0. The summed E-state index contributed by atoms with van der Waals surface area (Å²) < 4.78 is 0. The maximum atomic E-state index is 10.7. The molecule has 7 heteroatoms. The minimum atomic E-state index is -0.678. The Kier molecular flexibility index (Phi) is 9.49. The van der Waals surface area contributed by atoms with Gasteiger partial charge in [0, 0.05) is 13.5 Å². The van der Waals surface area contributed by atoms with Crippen molar-refractivity contribution in [2.24, 2.45) is 29.4 Å². The van der Waals surface area contributed by atoms with Crippen molar-refractivity contribution in [1.82, 2.24) is 5.32 Å². The van der Waals surface area contributed by atoms with Crippen LogP contribution >= 0.6 is 0 Å². The van der Waals surface area contributed by atoms with Gasteiger partial charge in [0.25, 0.3) is 0 Å². The Labute approximate surface area is 149 Å². The van der Waals surface area contributed by atoms with Crippen molar-refractivity contribution in [3.63, 3.8) is 0 Å². The Morgan fingerprint density at radius 1 is 0.840 bits per heavy atom. The number of hydrogen-bond donors (Lipinski definition) is 4. The average Bonchev–Trinajstić information content (AvgIpc) is 2.60. The number of carboxylic acids is 2. The van der Waals surface area contributed by atoms with Crippen molar-refractivity contribution in [1.29, 1.82) is 0 Å². The van der Waals surface area contributed by atoms with Crippen molar-refractivity contribution in [3.05, 3.63) is 0 Å². The van der Waals surface area contributed by atoms with Crippen molar-refractivity contribution in [3.8, 4) is 0 Å². The Hall–Kier alpha value is -1.63. The van der Waals surface area contributed by atoms with E-state index in [0.29, 0.717) is 24.9 Å². The van der Waals surface area contributed by atoms with Gasteiger partial charge in [-0.15, -0.1) is 0 Å². The Morgan fingerprint density at radius 2 is 1.24 bits per heavy atom. The minimum Gasteiger partial charge on any atom is -0.481 e. The van der Waals surface area contributed by atoms with E-state index >= 15 is 0 Å². The third-order valence-electron chi connectivity index (χ3n) is 5.37. The second kappa shape index (κ2) is 11.1. The number of nitrogens with two attached hydrogens (primary N) is 1. The van der Waals surface area contributed by atoms with Crippen LogP contribution in [0.15, 0.2) is 0 Å². The molecule has 0 spiro atoms. The summed E-state index contributed by atoms with van der Waals surface area (Å²) in [4.78, 5) is 31.8. The van der Waals surface area contributed by atoms with Gasteiger partial charge >= 0.3 is 11.9 Å². The van der Waals surface area contributed by atoms with Crippen LogP contribution < -0.4 is 11.1 Å². The number of hydrogen-bond acceptors (Lipinski definition) is 4. The van der Waals surface area contributed by atoms with Crippen molar-refractivity contribution >= 4 is 17.8 Å². The van der Waals surface area contributed by atoms with E-state index in [1.54, 1.807) is 0 Å². The average molecular weight is 356 g/mol. The molecule has 2 saturated carbocycles. The highest BCUT2D eigenvalue weighted by molar-refractivity contribution is 5.72. The molecule has 2 fully saturated rings. The highest BCUT2D eigenvalue weighted by Crippen LogP contribution is 2.28. The molecule has 0 aromatic heterocycles. The topological polar surface area (TPSA) is 130 Å². The molecule has 144 valence electrons. The number of nitrogens with one attached hydrogen (secondary N) is 1. The highest BCUT2D eigenvalue weighted by Gasteiger charge is 2.26. The molecule has 0 radical (unpaired) electrons. The van der Waals surface area contributed by atoms with E-state index in [0.717, 1.165) is 51.4 Å². The first-order chi connectivity index (χ1) is 11.8. The monoisotopic (exact) mass is 356 g/mol. The summed E-state index contributed by atoms with van der Waals surface area (Å²) in [5.74, 6) is -0.546. The molecule has 0 heterocycles.